The van der Waals surface area contributed by atoms with Crippen LogP contribution in [0.3, 0.4) is 0 Å². The summed E-state index contributed by atoms with van der Waals surface area (Å²) in [7, 11) is 0. The molecule has 0 bridgehead atoms. The highest BCUT2D eigenvalue weighted by Gasteiger charge is 2.36. The number of halogens is 6. The number of anilines is 2. The van der Waals surface area contributed by atoms with Crippen LogP contribution in [-0.2, 0) is 5.41 Å². The lowest BCUT2D eigenvalue weighted by atomic mass is 9.77. The van der Waals surface area contributed by atoms with Gasteiger partial charge in [-0.25, -0.2) is 17.6 Å². The van der Waals surface area contributed by atoms with Gasteiger partial charge >= 0.3 is 0 Å². The molecular formula is C27H20F6N2O2. The molecule has 0 aliphatic carbocycles. The van der Waals surface area contributed by atoms with E-state index in [1.165, 1.54) is 48.5 Å². The topological polar surface area (TPSA) is 70.5 Å². The summed E-state index contributed by atoms with van der Waals surface area (Å²) in [5.74, 6) is -11.4. The first-order valence-corrected chi connectivity index (χ1v) is 10.8. The molecule has 4 aromatic rings. The van der Waals surface area contributed by atoms with Gasteiger partial charge in [0.2, 0.25) is 23.1 Å². The van der Waals surface area contributed by atoms with Gasteiger partial charge in [0, 0.05) is 27.9 Å². The molecule has 0 aliphatic heterocycles. The lowest BCUT2D eigenvalue weighted by Crippen LogP contribution is -2.24. The molecule has 0 fully saturated rings. The van der Waals surface area contributed by atoms with Gasteiger partial charge in [-0.1, -0.05) is 13.8 Å². The van der Waals surface area contributed by atoms with Gasteiger partial charge in [-0.05, 0) is 60.7 Å². The van der Waals surface area contributed by atoms with E-state index in [1.807, 2.05) is 0 Å². The average Bonchev–Trinajstić information content (AvgIpc) is 2.86. The average molecular weight is 518 g/mol. The van der Waals surface area contributed by atoms with E-state index in [0.29, 0.717) is 23.5 Å². The molecule has 0 atom stereocenters. The molecule has 4 aromatic carbocycles. The van der Waals surface area contributed by atoms with Gasteiger partial charge in [0.1, 0.15) is 11.5 Å². The first-order valence-electron chi connectivity index (χ1n) is 10.8. The van der Waals surface area contributed by atoms with Crippen molar-refractivity contribution < 1.29 is 35.8 Å². The van der Waals surface area contributed by atoms with Gasteiger partial charge < -0.3 is 20.9 Å². The van der Waals surface area contributed by atoms with Crippen molar-refractivity contribution in [3.63, 3.8) is 0 Å². The van der Waals surface area contributed by atoms with Crippen LogP contribution in [-0.4, -0.2) is 0 Å². The summed E-state index contributed by atoms with van der Waals surface area (Å²) in [5, 5.41) is 0. The highest BCUT2D eigenvalue weighted by Crippen LogP contribution is 2.42. The Balaban J connectivity index is 1.74. The van der Waals surface area contributed by atoms with Crippen LogP contribution in [0.5, 0.6) is 23.0 Å². The minimum Gasteiger partial charge on any atom is -0.451 e. The van der Waals surface area contributed by atoms with Crippen molar-refractivity contribution in [2.24, 2.45) is 0 Å². The maximum absolute atomic E-state index is 15.1. The maximum Gasteiger partial charge on any atom is 0.204 e. The third-order valence-electron chi connectivity index (χ3n) is 5.78. The van der Waals surface area contributed by atoms with Crippen LogP contribution in [0.15, 0.2) is 60.7 Å². The predicted molar refractivity (Wildman–Crippen MR) is 127 cm³/mol. The quantitative estimate of drug-likeness (QED) is 0.157. The van der Waals surface area contributed by atoms with Crippen molar-refractivity contribution in [3.05, 3.63) is 107 Å². The second kappa shape index (κ2) is 9.61. The zero-order chi connectivity index (χ0) is 27.1. The standard InChI is InChI=1S/C27H20F6N2O2/c1-27(2,17-11-19(28)25(23(32)21(17)30)36-15-7-3-13(34)4-8-15)18-12-20(29)26(24(33)22(18)31)37-16-9-5-14(35)6-10-16/h3-12H,34-35H2,1-2H3. The van der Waals surface area contributed by atoms with E-state index in [-0.39, 0.29) is 11.5 Å². The SMILES string of the molecule is CC(C)(c1cc(F)c(Oc2ccc(N)cc2)c(F)c1F)c1cc(F)c(Oc2ccc(N)cc2)c(F)c1F. The fourth-order valence-electron chi connectivity index (χ4n) is 3.71. The van der Waals surface area contributed by atoms with E-state index >= 15 is 8.78 Å². The molecule has 0 unspecified atom stereocenters. The number of rotatable bonds is 6. The van der Waals surface area contributed by atoms with E-state index < -0.39 is 62.9 Å². The molecule has 37 heavy (non-hydrogen) atoms. The Morgan fingerprint density at radius 3 is 1.19 bits per heavy atom. The highest BCUT2D eigenvalue weighted by atomic mass is 19.2. The number of hydrogen-bond acceptors (Lipinski definition) is 4. The van der Waals surface area contributed by atoms with Crippen molar-refractivity contribution in [1.82, 2.24) is 0 Å². The summed E-state index contributed by atoms with van der Waals surface area (Å²) in [6.45, 7) is 2.31. The Labute approximate surface area is 208 Å². The normalized spacial score (nSPS) is 11.5. The van der Waals surface area contributed by atoms with E-state index in [0.717, 1.165) is 13.8 Å². The zero-order valence-corrected chi connectivity index (χ0v) is 19.5. The minimum atomic E-state index is -1.93. The molecule has 192 valence electrons. The first-order chi connectivity index (χ1) is 17.4. The molecule has 0 heterocycles. The van der Waals surface area contributed by atoms with Gasteiger partial charge in [-0.15, -0.1) is 0 Å². The van der Waals surface area contributed by atoms with Gasteiger partial charge in [0.25, 0.3) is 0 Å². The maximum atomic E-state index is 15.1. The third-order valence-corrected chi connectivity index (χ3v) is 5.78. The lowest BCUT2D eigenvalue weighted by molar-refractivity contribution is 0.368. The Bertz CT molecular complexity index is 1360. The Kier molecular flexibility index (Phi) is 6.68. The van der Waals surface area contributed by atoms with Crippen molar-refractivity contribution in [1.29, 1.82) is 0 Å². The molecule has 4 rings (SSSR count). The monoisotopic (exact) mass is 518 g/mol. The molecule has 4 nitrogen and oxygen atoms in total. The summed E-state index contributed by atoms with van der Waals surface area (Å²) in [6, 6.07) is 12.1. The summed E-state index contributed by atoms with van der Waals surface area (Å²) < 4.78 is 100. The van der Waals surface area contributed by atoms with Crippen LogP contribution in [0.1, 0.15) is 25.0 Å². The number of ether oxygens (including phenoxy) is 2. The lowest BCUT2D eigenvalue weighted by Gasteiger charge is -2.28. The fourth-order valence-corrected chi connectivity index (χ4v) is 3.71. The Hall–Kier alpha value is -4.34. The zero-order valence-electron chi connectivity index (χ0n) is 19.5. The second-order valence-corrected chi connectivity index (χ2v) is 8.69. The Morgan fingerprint density at radius 2 is 0.865 bits per heavy atom. The van der Waals surface area contributed by atoms with Crippen molar-refractivity contribution >= 4 is 11.4 Å². The summed E-state index contributed by atoms with van der Waals surface area (Å²) in [4.78, 5) is 0. The number of hydrogen-bond donors (Lipinski definition) is 2. The highest BCUT2D eigenvalue weighted by molar-refractivity contribution is 5.49. The largest absolute Gasteiger partial charge is 0.451 e. The van der Waals surface area contributed by atoms with E-state index in [4.69, 9.17) is 20.9 Å². The molecule has 0 aliphatic rings. The summed E-state index contributed by atoms with van der Waals surface area (Å²) in [5.41, 5.74) is 8.51. The number of nitrogens with two attached hydrogens (primary N) is 2. The van der Waals surface area contributed by atoms with E-state index in [9.17, 15) is 17.6 Å². The summed E-state index contributed by atoms with van der Waals surface area (Å²) in [6.07, 6.45) is 0. The van der Waals surface area contributed by atoms with Crippen LogP contribution in [0, 0.1) is 34.9 Å². The van der Waals surface area contributed by atoms with Crippen molar-refractivity contribution in [3.8, 4) is 23.0 Å². The molecule has 10 heteroatoms. The molecule has 0 saturated heterocycles. The fraction of sp³-hybridized carbons (Fsp3) is 0.111. The summed E-state index contributed by atoms with van der Waals surface area (Å²) >= 11 is 0. The third kappa shape index (κ3) is 4.87. The minimum absolute atomic E-state index is 0.0229. The smallest absolute Gasteiger partial charge is 0.204 e. The molecule has 0 saturated carbocycles. The van der Waals surface area contributed by atoms with Gasteiger partial charge in [0.15, 0.2) is 23.3 Å². The number of nitrogen functional groups attached to an aromatic ring is 2. The van der Waals surface area contributed by atoms with Crippen LogP contribution in [0.25, 0.3) is 0 Å². The van der Waals surface area contributed by atoms with E-state index in [2.05, 4.69) is 0 Å². The van der Waals surface area contributed by atoms with Crippen molar-refractivity contribution in [2.75, 3.05) is 11.5 Å². The van der Waals surface area contributed by atoms with Gasteiger partial charge in [-0.2, -0.15) is 8.78 Å². The predicted octanol–water partition coefficient (Wildman–Crippen LogP) is 7.60. The Morgan fingerprint density at radius 1 is 0.541 bits per heavy atom. The number of benzene rings is 4. The van der Waals surface area contributed by atoms with Crippen molar-refractivity contribution in [2.45, 2.75) is 19.3 Å². The molecule has 0 aromatic heterocycles. The van der Waals surface area contributed by atoms with Crippen LogP contribution in [0.2, 0.25) is 0 Å². The van der Waals surface area contributed by atoms with Crippen LogP contribution < -0.4 is 20.9 Å². The molecule has 4 N–H and O–H groups in total. The van der Waals surface area contributed by atoms with Crippen LogP contribution >= 0.6 is 0 Å². The molecular weight excluding hydrogens is 498 g/mol. The van der Waals surface area contributed by atoms with Crippen LogP contribution in [0.4, 0.5) is 37.7 Å². The molecule has 0 amide bonds. The first kappa shape index (κ1) is 25.7. The molecule has 0 spiro atoms. The van der Waals surface area contributed by atoms with Gasteiger partial charge in [-0.3, -0.25) is 0 Å². The molecule has 0 radical (unpaired) electrons. The van der Waals surface area contributed by atoms with Gasteiger partial charge in [0.05, 0.1) is 0 Å². The van der Waals surface area contributed by atoms with E-state index in [1.54, 1.807) is 0 Å². The second-order valence-electron chi connectivity index (χ2n) is 8.69.